The fraction of sp³-hybridized carbons (Fsp3) is 0.778. The third-order valence-electron chi connectivity index (χ3n) is 2.82. The number of aliphatic hydroxyl groups is 2. The van der Waals surface area contributed by atoms with E-state index < -0.39 is 11.7 Å². The average molecular weight is 278 g/mol. The second-order valence-electron chi connectivity index (χ2n) is 3.60. The number of hydrogen-bond donors (Lipinski definition) is 2. The Balaban J connectivity index is 3.08. The standard InChI is InChI=1S/C9H16BrN3O2/c1-4-9(15,5-2)7(14)6-8(10)11-12-13(6)3/h7,14-15H,4-5H2,1-3H3. The predicted octanol–water partition coefficient (Wildman–Crippen LogP) is 1.16. The molecule has 2 N–H and O–H groups in total. The van der Waals surface area contributed by atoms with Crippen LogP contribution in [-0.4, -0.2) is 30.8 Å². The van der Waals surface area contributed by atoms with Crippen molar-refractivity contribution in [2.75, 3.05) is 0 Å². The van der Waals surface area contributed by atoms with E-state index in [0.29, 0.717) is 23.1 Å². The lowest BCUT2D eigenvalue weighted by Crippen LogP contribution is -2.36. The van der Waals surface area contributed by atoms with Crippen LogP contribution in [0.1, 0.15) is 38.5 Å². The highest BCUT2D eigenvalue weighted by Crippen LogP contribution is 2.33. The highest BCUT2D eigenvalue weighted by molar-refractivity contribution is 9.10. The molecule has 5 nitrogen and oxygen atoms in total. The summed E-state index contributed by atoms with van der Waals surface area (Å²) in [5.74, 6) is 0. The molecule has 0 aliphatic carbocycles. The van der Waals surface area contributed by atoms with Crippen LogP contribution >= 0.6 is 15.9 Å². The van der Waals surface area contributed by atoms with Crippen molar-refractivity contribution >= 4 is 15.9 Å². The van der Waals surface area contributed by atoms with Gasteiger partial charge in [0, 0.05) is 7.05 Å². The third kappa shape index (κ3) is 2.21. The zero-order valence-electron chi connectivity index (χ0n) is 9.11. The van der Waals surface area contributed by atoms with Crippen molar-refractivity contribution in [3.05, 3.63) is 10.3 Å². The van der Waals surface area contributed by atoms with Gasteiger partial charge in [-0.1, -0.05) is 19.1 Å². The Morgan fingerprint density at radius 1 is 1.47 bits per heavy atom. The van der Waals surface area contributed by atoms with Gasteiger partial charge in [-0.3, -0.25) is 0 Å². The Labute approximate surface area is 97.2 Å². The first-order valence-corrected chi connectivity index (χ1v) is 5.71. The smallest absolute Gasteiger partial charge is 0.154 e. The van der Waals surface area contributed by atoms with Gasteiger partial charge in [-0.15, -0.1) is 5.10 Å². The molecule has 86 valence electrons. The van der Waals surface area contributed by atoms with Gasteiger partial charge >= 0.3 is 0 Å². The van der Waals surface area contributed by atoms with Crippen LogP contribution in [0.3, 0.4) is 0 Å². The minimum Gasteiger partial charge on any atom is -0.387 e. The van der Waals surface area contributed by atoms with E-state index in [0.717, 1.165) is 0 Å². The maximum atomic E-state index is 10.2. The molecule has 1 rings (SSSR count). The van der Waals surface area contributed by atoms with Crippen molar-refractivity contribution in [2.24, 2.45) is 7.05 Å². The van der Waals surface area contributed by atoms with Crippen molar-refractivity contribution in [3.63, 3.8) is 0 Å². The first-order valence-electron chi connectivity index (χ1n) is 4.91. The number of aryl methyl sites for hydroxylation is 1. The number of aliphatic hydroxyl groups excluding tert-OH is 1. The van der Waals surface area contributed by atoms with Crippen LogP contribution in [0.25, 0.3) is 0 Å². The molecule has 1 atom stereocenters. The molecule has 0 radical (unpaired) electrons. The lowest BCUT2D eigenvalue weighted by molar-refractivity contribution is -0.0856. The maximum Gasteiger partial charge on any atom is 0.154 e. The van der Waals surface area contributed by atoms with E-state index in [9.17, 15) is 10.2 Å². The summed E-state index contributed by atoms with van der Waals surface area (Å²) < 4.78 is 1.93. The molecule has 0 fully saturated rings. The number of halogens is 1. The van der Waals surface area contributed by atoms with Gasteiger partial charge in [-0.05, 0) is 28.8 Å². The predicted molar refractivity (Wildman–Crippen MR) is 59.2 cm³/mol. The largest absolute Gasteiger partial charge is 0.387 e. The molecule has 0 spiro atoms. The van der Waals surface area contributed by atoms with Gasteiger partial charge in [0.05, 0.1) is 5.60 Å². The fourth-order valence-corrected chi connectivity index (χ4v) is 2.06. The molecule has 6 heteroatoms. The Morgan fingerprint density at radius 3 is 2.33 bits per heavy atom. The summed E-state index contributed by atoms with van der Waals surface area (Å²) in [7, 11) is 1.68. The van der Waals surface area contributed by atoms with Gasteiger partial charge in [-0.2, -0.15) is 0 Å². The van der Waals surface area contributed by atoms with Crippen LogP contribution in [0.4, 0.5) is 0 Å². The second kappa shape index (κ2) is 4.59. The van der Waals surface area contributed by atoms with Crippen molar-refractivity contribution in [1.82, 2.24) is 15.0 Å². The van der Waals surface area contributed by atoms with Gasteiger partial charge in [0.25, 0.3) is 0 Å². The van der Waals surface area contributed by atoms with Crippen molar-refractivity contribution in [3.8, 4) is 0 Å². The number of aromatic nitrogens is 3. The molecule has 0 aliphatic heterocycles. The van der Waals surface area contributed by atoms with Crippen LogP contribution < -0.4 is 0 Å². The molecule has 1 aromatic rings. The van der Waals surface area contributed by atoms with E-state index in [2.05, 4.69) is 26.2 Å². The Bertz CT molecular complexity index is 317. The summed E-state index contributed by atoms with van der Waals surface area (Å²) in [6.45, 7) is 3.68. The highest BCUT2D eigenvalue weighted by Gasteiger charge is 2.36. The summed E-state index contributed by atoms with van der Waals surface area (Å²) >= 11 is 3.20. The van der Waals surface area contributed by atoms with E-state index >= 15 is 0 Å². The monoisotopic (exact) mass is 277 g/mol. The SMILES string of the molecule is CCC(O)(CC)C(O)c1c(Br)nnn1C. The van der Waals surface area contributed by atoms with E-state index in [1.54, 1.807) is 7.05 Å². The van der Waals surface area contributed by atoms with Gasteiger partial charge in [0.15, 0.2) is 4.60 Å². The van der Waals surface area contributed by atoms with Crippen LogP contribution in [0.5, 0.6) is 0 Å². The molecule has 0 aromatic carbocycles. The topological polar surface area (TPSA) is 71.2 Å². The Hall–Kier alpha value is -0.460. The zero-order chi connectivity index (χ0) is 11.6. The van der Waals surface area contributed by atoms with Crippen LogP contribution in [-0.2, 0) is 7.05 Å². The molecule has 15 heavy (non-hydrogen) atoms. The molecule has 1 heterocycles. The summed E-state index contributed by atoms with van der Waals surface area (Å²) in [5, 5.41) is 27.8. The van der Waals surface area contributed by atoms with Crippen LogP contribution in [0.15, 0.2) is 4.60 Å². The minimum atomic E-state index is -1.13. The van der Waals surface area contributed by atoms with E-state index in [-0.39, 0.29) is 0 Å². The number of nitrogens with zero attached hydrogens (tertiary/aromatic N) is 3. The number of rotatable bonds is 4. The molecule has 1 aromatic heterocycles. The van der Waals surface area contributed by atoms with E-state index in [1.165, 1.54) is 4.68 Å². The summed E-state index contributed by atoms with van der Waals surface area (Å²) in [4.78, 5) is 0. The quantitative estimate of drug-likeness (QED) is 0.867. The molecule has 0 amide bonds. The fourth-order valence-electron chi connectivity index (χ4n) is 1.52. The molecule has 0 saturated carbocycles. The lowest BCUT2D eigenvalue weighted by atomic mass is 9.89. The van der Waals surface area contributed by atoms with E-state index in [4.69, 9.17) is 0 Å². The molecular formula is C9H16BrN3O2. The summed E-state index contributed by atoms with van der Waals surface area (Å²) in [6.07, 6.45) is -0.0354. The van der Waals surface area contributed by atoms with Crippen LogP contribution in [0.2, 0.25) is 0 Å². The molecule has 0 aliphatic rings. The molecular weight excluding hydrogens is 262 g/mol. The maximum absolute atomic E-state index is 10.2. The van der Waals surface area contributed by atoms with Gasteiger partial charge < -0.3 is 10.2 Å². The zero-order valence-corrected chi connectivity index (χ0v) is 10.7. The summed E-state index contributed by atoms with van der Waals surface area (Å²) in [6, 6.07) is 0. The van der Waals surface area contributed by atoms with Gasteiger partial charge in [0.1, 0.15) is 11.8 Å². The van der Waals surface area contributed by atoms with Crippen molar-refractivity contribution in [2.45, 2.75) is 38.4 Å². The Morgan fingerprint density at radius 2 is 2.00 bits per heavy atom. The van der Waals surface area contributed by atoms with Crippen molar-refractivity contribution < 1.29 is 10.2 Å². The first-order chi connectivity index (χ1) is 6.96. The molecule has 0 bridgehead atoms. The lowest BCUT2D eigenvalue weighted by Gasteiger charge is -2.30. The van der Waals surface area contributed by atoms with Crippen LogP contribution in [0, 0.1) is 0 Å². The van der Waals surface area contributed by atoms with Gasteiger partial charge in [-0.25, -0.2) is 4.68 Å². The molecule has 0 saturated heterocycles. The average Bonchev–Trinajstić information content (AvgIpc) is 2.56. The minimum absolute atomic E-state index is 0.470. The van der Waals surface area contributed by atoms with Crippen molar-refractivity contribution in [1.29, 1.82) is 0 Å². The Kier molecular flexibility index (Phi) is 3.86. The summed E-state index contributed by atoms with van der Waals surface area (Å²) in [5.41, 5.74) is -0.626. The van der Waals surface area contributed by atoms with Gasteiger partial charge in [0.2, 0.25) is 0 Å². The first kappa shape index (κ1) is 12.6. The second-order valence-corrected chi connectivity index (χ2v) is 4.35. The highest BCUT2D eigenvalue weighted by atomic mass is 79.9. The third-order valence-corrected chi connectivity index (χ3v) is 3.38. The number of hydrogen-bond acceptors (Lipinski definition) is 4. The van der Waals surface area contributed by atoms with E-state index in [1.807, 2.05) is 13.8 Å². The molecule has 1 unspecified atom stereocenters. The normalized spacial score (nSPS) is 14.3.